The number of rotatable bonds is 3. The second kappa shape index (κ2) is 6.22. The van der Waals surface area contributed by atoms with Crippen molar-refractivity contribution in [3.05, 3.63) is 34.9 Å². The highest BCUT2D eigenvalue weighted by atomic mass is 16.2. The van der Waals surface area contributed by atoms with E-state index in [0.717, 1.165) is 36.6 Å². The van der Waals surface area contributed by atoms with Crippen molar-refractivity contribution >= 4 is 23.6 Å². The molecule has 1 aromatic rings. The number of nitrogens with one attached hydrogen (secondary N) is 2. The minimum absolute atomic E-state index is 0.126. The largest absolute Gasteiger partial charge is 0.316 e. The maximum absolute atomic E-state index is 13.1. The maximum atomic E-state index is 13.1. The first kappa shape index (κ1) is 17.5. The van der Waals surface area contributed by atoms with E-state index in [4.69, 9.17) is 0 Å². The van der Waals surface area contributed by atoms with Crippen LogP contribution in [0.1, 0.15) is 45.5 Å². The van der Waals surface area contributed by atoms with Crippen LogP contribution in [0.15, 0.2) is 18.2 Å². The topological polar surface area (TPSA) is 98.8 Å². The van der Waals surface area contributed by atoms with Crippen molar-refractivity contribution in [1.82, 2.24) is 20.4 Å². The molecule has 1 unspecified atom stereocenters. The van der Waals surface area contributed by atoms with Gasteiger partial charge < -0.3 is 5.32 Å². The zero-order chi connectivity index (χ0) is 19.5. The second-order valence-corrected chi connectivity index (χ2v) is 8.36. The number of likely N-dealkylation sites (tertiary alicyclic amines) is 1. The van der Waals surface area contributed by atoms with Gasteiger partial charge in [0.05, 0.1) is 11.1 Å². The highest BCUT2D eigenvalue weighted by molar-refractivity contribution is 6.24. The van der Waals surface area contributed by atoms with Gasteiger partial charge in [-0.3, -0.25) is 34.3 Å². The molecule has 0 radical (unpaired) electrons. The molecule has 4 amide bonds. The van der Waals surface area contributed by atoms with Gasteiger partial charge >= 0.3 is 0 Å². The van der Waals surface area contributed by atoms with Crippen molar-refractivity contribution in [1.29, 1.82) is 0 Å². The van der Waals surface area contributed by atoms with Gasteiger partial charge in [0.25, 0.3) is 11.8 Å². The number of nitrogens with zero attached hydrogens (tertiary/aromatic N) is 2. The Balaban J connectivity index is 1.38. The zero-order valence-corrected chi connectivity index (χ0v) is 15.5. The van der Waals surface area contributed by atoms with E-state index in [1.54, 1.807) is 12.1 Å². The maximum Gasteiger partial charge on any atom is 0.262 e. The molecule has 3 saturated heterocycles. The summed E-state index contributed by atoms with van der Waals surface area (Å²) in [5.41, 5.74) is 1.94. The molecule has 4 aliphatic heterocycles. The molecule has 2 N–H and O–H groups in total. The summed E-state index contributed by atoms with van der Waals surface area (Å²) in [6, 6.07) is 4.40. The standard InChI is InChI=1S/C20H22N4O4/c25-15-5-4-14(17(26)22-15)24-18(27)13-3-1-2-12(16(13)19(24)28)8-23-10-20(11-23)6-7-21-9-20/h1-3,14,21H,4-11H2,(H,22,25,26). The molecule has 3 fully saturated rings. The van der Waals surface area contributed by atoms with Crippen LogP contribution in [0.25, 0.3) is 0 Å². The van der Waals surface area contributed by atoms with Crippen molar-refractivity contribution in [2.75, 3.05) is 26.2 Å². The predicted octanol–water partition coefficient (Wildman–Crippen LogP) is -0.117. The summed E-state index contributed by atoms with van der Waals surface area (Å²) in [4.78, 5) is 52.9. The number of carbonyl (C=O) groups excluding carboxylic acids is 4. The van der Waals surface area contributed by atoms with Crippen molar-refractivity contribution in [2.24, 2.45) is 5.41 Å². The van der Waals surface area contributed by atoms with E-state index in [1.807, 2.05) is 6.07 Å². The first-order valence-electron chi connectivity index (χ1n) is 9.74. The molecule has 0 aliphatic carbocycles. The number of fused-ring (bicyclic) bond motifs is 1. The minimum Gasteiger partial charge on any atom is -0.316 e. The Morgan fingerprint density at radius 1 is 1.11 bits per heavy atom. The number of benzene rings is 1. The number of amides is 4. The smallest absolute Gasteiger partial charge is 0.262 e. The minimum atomic E-state index is -0.921. The van der Waals surface area contributed by atoms with Crippen LogP contribution in [-0.4, -0.2) is 65.6 Å². The van der Waals surface area contributed by atoms with Crippen LogP contribution < -0.4 is 10.6 Å². The average molecular weight is 382 g/mol. The third kappa shape index (κ3) is 2.59. The van der Waals surface area contributed by atoms with Gasteiger partial charge in [0, 0.05) is 38.0 Å². The molecular formula is C20H22N4O4. The molecule has 0 aromatic heterocycles. The fourth-order valence-electron chi connectivity index (χ4n) is 5.04. The van der Waals surface area contributed by atoms with E-state index in [-0.39, 0.29) is 18.7 Å². The molecule has 4 heterocycles. The third-order valence-electron chi connectivity index (χ3n) is 6.40. The summed E-state index contributed by atoms with van der Waals surface area (Å²) < 4.78 is 0. The molecule has 1 atom stereocenters. The molecule has 0 saturated carbocycles. The zero-order valence-electron chi connectivity index (χ0n) is 15.5. The van der Waals surface area contributed by atoms with E-state index in [0.29, 0.717) is 23.1 Å². The lowest BCUT2D eigenvalue weighted by Crippen LogP contribution is -2.56. The molecule has 0 bridgehead atoms. The van der Waals surface area contributed by atoms with Crippen LogP contribution in [0.4, 0.5) is 0 Å². The first-order valence-corrected chi connectivity index (χ1v) is 9.74. The molecule has 1 aromatic carbocycles. The van der Waals surface area contributed by atoms with E-state index in [9.17, 15) is 19.2 Å². The van der Waals surface area contributed by atoms with Gasteiger partial charge in [-0.05, 0) is 31.0 Å². The Kier molecular flexibility index (Phi) is 3.89. The second-order valence-electron chi connectivity index (χ2n) is 8.36. The number of hydrogen-bond donors (Lipinski definition) is 2. The Bertz CT molecular complexity index is 897. The Hall–Kier alpha value is -2.58. The first-order chi connectivity index (χ1) is 13.5. The molecule has 8 nitrogen and oxygen atoms in total. The number of hydrogen-bond acceptors (Lipinski definition) is 6. The summed E-state index contributed by atoms with van der Waals surface area (Å²) in [6.07, 6.45) is 1.48. The monoisotopic (exact) mass is 382 g/mol. The Morgan fingerprint density at radius 3 is 2.64 bits per heavy atom. The van der Waals surface area contributed by atoms with Crippen molar-refractivity contribution in [2.45, 2.75) is 31.8 Å². The molecule has 1 spiro atoms. The van der Waals surface area contributed by atoms with Crippen LogP contribution in [0.5, 0.6) is 0 Å². The van der Waals surface area contributed by atoms with Gasteiger partial charge in [-0.2, -0.15) is 0 Å². The van der Waals surface area contributed by atoms with Gasteiger partial charge in [-0.15, -0.1) is 0 Å². The fraction of sp³-hybridized carbons (Fsp3) is 0.500. The summed E-state index contributed by atoms with van der Waals surface area (Å²) in [5, 5.41) is 5.64. The number of imide groups is 2. The van der Waals surface area contributed by atoms with Gasteiger partial charge in [-0.25, -0.2) is 0 Å². The molecule has 28 heavy (non-hydrogen) atoms. The quantitative estimate of drug-likeness (QED) is 0.708. The molecule has 4 aliphatic rings. The van der Waals surface area contributed by atoms with Gasteiger partial charge in [0.1, 0.15) is 6.04 Å². The van der Waals surface area contributed by atoms with Gasteiger partial charge in [0.15, 0.2) is 0 Å². The molecule has 8 heteroatoms. The van der Waals surface area contributed by atoms with E-state index < -0.39 is 23.8 Å². The summed E-state index contributed by atoms with van der Waals surface area (Å²) >= 11 is 0. The Morgan fingerprint density at radius 2 is 1.93 bits per heavy atom. The highest BCUT2D eigenvalue weighted by Crippen LogP contribution is 2.38. The fourth-order valence-corrected chi connectivity index (χ4v) is 5.04. The predicted molar refractivity (Wildman–Crippen MR) is 98.3 cm³/mol. The lowest BCUT2D eigenvalue weighted by Gasteiger charge is -2.48. The highest BCUT2D eigenvalue weighted by Gasteiger charge is 2.47. The normalized spacial score (nSPS) is 26.6. The van der Waals surface area contributed by atoms with Crippen LogP contribution in [0, 0.1) is 5.41 Å². The number of piperidine rings is 1. The lowest BCUT2D eigenvalue weighted by molar-refractivity contribution is -0.136. The average Bonchev–Trinajstić information content (AvgIpc) is 3.21. The van der Waals surface area contributed by atoms with Crippen LogP contribution in [-0.2, 0) is 16.1 Å². The summed E-state index contributed by atoms with van der Waals surface area (Å²) in [7, 11) is 0. The molecule has 5 rings (SSSR count). The number of carbonyl (C=O) groups is 4. The van der Waals surface area contributed by atoms with E-state index >= 15 is 0 Å². The third-order valence-corrected chi connectivity index (χ3v) is 6.40. The van der Waals surface area contributed by atoms with Crippen LogP contribution >= 0.6 is 0 Å². The van der Waals surface area contributed by atoms with Crippen molar-refractivity contribution in [3.63, 3.8) is 0 Å². The van der Waals surface area contributed by atoms with Crippen molar-refractivity contribution < 1.29 is 19.2 Å². The van der Waals surface area contributed by atoms with Crippen LogP contribution in [0.2, 0.25) is 0 Å². The van der Waals surface area contributed by atoms with Gasteiger partial charge in [0.2, 0.25) is 11.8 Å². The van der Waals surface area contributed by atoms with E-state index in [2.05, 4.69) is 15.5 Å². The molecular weight excluding hydrogens is 360 g/mol. The van der Waals surface area contributed by atoms with Gasteiger partial charge in [-0.1, -0.05) is 12.1 Å². The van der Waals surface area contributed by atoms with Crippen LogP contribution in [0.3, 0.4) is 0 Å². The molecule has 146 valence electrons. The SMILES string of the molecule is O=C1CCC(N2C(=O)c3cccc(CN4CC5(CCNC5)C4)c3C2=O)C(=O)N1. The Labute approximate surface area is 162 Å². The van der Waals surface area contributed by atoms with E-state index in [1.165, 1.54) is 6.42 Å². The summed E-state index contributed by atoms with van der Waals surface area (Å²) in [5.74, 6) is -1.82. The summed E-state index contributed by atoms with van der Waals surface area (Å²) in [6.45, 7) is 4.69. The van der Waals surface area contributed by atoms with Crippen molar-refractivity contribution in [3.8, 4) is 0 Å². The lowest BCUT2D eigenvalue weighted by atomic mass is 9.79.